The summed E-state index contributed by atoms with van der Waals surface area (Å²) < 4.78 is 12.8. The van der Waals surface area contributed by atoms with Crippen LogP contribution < -0.4 is 40.0 Å². The summed E-state index contributed by atoms with van der Waals surface area (Å²) >= 11 is 3.94. The summed E-state index contributed by atoms with van der Waals surface area (Å²) in [6.45, 7) is 1.39. The summed E-state index contributed by atoms with van der Waals surface area (Å²) in [5.41, 5.74) is 3.73. The number of rotatable bonds is 12. The van der Waals surface area contributed by atoms with Crippen molar-refractivity contribution < 1.29 is 69.0 Å². The van der Waals surface area contributed by atoms with Gasteiger partial charge in [-0.1, -0.05) is 59.8 Å². The Morgan fingerprint density at radius 1 is 1.17 bits per heavy atom. The van der Waals surface area contributed by atoms with Gasteiger partial charge in [0.15, 0.2) is 0 Å². The molecule has 1 amide bonds. The number of hydrogen-bond donors (Lipinski definition) is 5. The molecular formula is C28H33N4NaO8S. The summed E-state index contributed by atoms with van der Waals surface area (Å²) in [6, 6.07) is 16.7. The van der Waals surface area contributed by atoms with E-state index in [0.717, 1.165) is 16.7 Å². The number of carbonyl (C=O) groups is 2. The van der Waals surface area contributed by atoms with E-state index in [1.54, 1.807) is 10.9 Å². The summed E-state index contributed by atoms with van der Waals surface area (Å²) in [6.07, 6.45) is -4.63. The average molecular weight is 609 g/mol. The zero-order valence-electron chi connectivity index (χ0n) is 23.4. The Morgan fingerprint density at radius 3 is 2.43 bits per heavy atom. The van der Waals surface area contributed by atoms with E-state index in [2.05, 4.69) is 28.3 Å². The topological polar surface area (TPSA) is 179 Å². The van der Waals surface area contributed by atoms with E-state index in [4.69, 9.17) is 9.47 Å². The van der Waals surface area contributed by atoms with Gasteiger partial charge in [-0.05, 0) is 17.5 Å². The van der Waals surface area contributed by atoms with Crippen LogP contribution in [0.15, 0.2) is 60.8 Å². The van der Waals surface area contributed by atoms with Gasteiger partial charge in [0, 0.05) is 31.2 Å². The Bertz CT molecular complexity index is 1310. The Kier molecular flexibility index (Phi) is 12.5. The molecule has 0 radical (unpaired) electrons. The van der Waals surface area contributed by atoms with Crippen molar-refractivity contribution in [3.63, 3.8) is 0 Å². The Hall–Kier alpha value is -2.33. The molecule has 0 unspecified atom stereocenters. The molecule has 3 aromatic rings. The molecule has 0 bridgehead atoms. The standard InChI is InChI=1S/C28H34N4O8S.Na/c1-17(33)29-24-22(34)14-28(27(37)38,40-26(24)25(36)23(35)16-41)39-13-5-12-32-15-21(30-31-32)20-10-8-19(9-11-20)18-6-3-2-4-7-18;/h2-4,6-11,15,22-26,34-36,41H,5,12-14,16H2,1H3,(H,29,33)(H,37,38);/q;+1/p-1/t22-,23+,24+,25+,26+,28+;/m0./s1. The molecule has 1 aromatic heterocycles. The van der Waals surface area contributed by atoms with E-state index < -0.39 is 54.5 Å². The number of nitrogens with one attached hydrogen (secondary N) is 1. The predicted octanol–water partition coefficient (Wildman–Crippen LogP) is -3.22. The van der Waals surface area contributed by atoms with Crippen LogP contribution in [0.2, 0.25) is 0 Å². The van der Waals surface area contributed by atoms with Gasteiger partial charge in [-0.15, -0.1) is 5.10 Å². The van der Waals surface area contributed by atoms with Gasteiger partial charge in [-0.2, -0.15) is 12.6 Å². The van der Waals surface area contributed by atoms with Crippen molar-refractivity contribution in [1.82, 2.24) is 20.3 Å². The number of nitrogens with zero attached hydrogens (tertiary/aromatic N) is 3. The van der Waals surface area contributed by atoms with Crippen molar-refractivity contribution in [1.29, 1.82) is 0 Å². The molecule has 1 aliphatic rings. The molecule has 0 spiro atoms. The molecule has 0 saturated carbocycles. The normalized spacial score (nSPS) is 23.4. The van der Waals surface area contributed by atoms with Crippen LogP contribution >= 0.6 is 12.6 Å². The molecule has 42 heavy (non-hydrogen) atoms. The zero-order chi connectivity index (χ0) is 29.6. The predicted molar refractivity (Wildman–Crippen MR) is 148 cm³/mol. The van der Waals surface area contributed by atoms with Crippen molar-refractivity contribution in [2.24, 2.45) is 0 Å². The molecule has 4 N–H and O–H groups in total. The van der Waals surface area contributed by atoms with Gasteiger partial charge in [-0.25, -0.2) is 0 Å². The van der Waals surface area contributed by atoms with Crippen molar-refractivity contribution in [2.45, 2.75) is 62.6 Å². The maximum Gasteiger partial charge on any atom is 1.00 e. The van der Waals surface area contributed by atoms with Crippen molar-refractivity contribution in [2.75, 3.05) is 12.4 Å². The third-order valence-corrected chi connectivity index (χ3v) is 7.24. The summed E-state index contributed by atoms with van der Waals surface area (Å²) in [5.74, 6) is -4.92. The number of ether oxygens (including phenoxy) is 2. The summed E-state index contributed by atoms with van der Waals surface area (Å²) in [7, 11) is 0. The number of aliphatic hydroxyl groups excluding tert-OH is 3. The largest absolute Gasteiger partial charge is 1.00 e. The van der Waals surface area contributed by atoms with Crippen LogP contribution in [0.25, 0.3) is 22.4 Å². The Balaban J connectivity index is 0.00000484. The molecule has 14 heteroatoms. The smallest absolute Gasteiger partial charge is 0.544 e. The van der Waals surface area contributed by atoms with Crippen LogP contribution in [-0.2, 0) is 25.6 Å². The summed E-state index contributed by atoms with van der Waals surface area (Å²) in [4.78, 5) is 23.8. The molecule has 2 aromatic carbocycles. The number of aromatic nitrogens is 3. The number of aryl methyl sites for hydroxylation is 1. The number of aliphatic hydroxyl groups is 3. The minimum absolute atomic E-state index is 0. The van der Waals surface area contributed by atoms with Crippen molar-refractivity contribution >= 4 is 24.5 Å². The van der Waals surface area contributed by atoms with Crippen LogP contribution in [-0.4, -0.2) is 90.8 Å². The molecule has 2 heterocycles. The maximum absolute atomic E-state index is 12.2. The van der Waals surface area contributed by atoms with Gasteiger partial charge < -0.3 is 40.0 Å². The van der Waals surface area contributed by atoms with E-state index in [1.807, 2.05) is 54.6 Å². The first-order chi connectivity index (χ1) is 19.6. The monoisotopic (exact) mass is 608 g/mol. The second-order valence-electron chi connectivity index (χ2n) is 9.87. The molecule has 12 nitrogen and oxygen atoms in total. The number of thiol groups is 1. The molecule has 1 aliphatic heterocycles. The molecule has 4 rings (SSSR count). The van der Waals surface area contributed by atoms with Crippen LogP contribution in [0.4, 0.5) is 0 Å². The van der Waals surface area contributed by atoms with Gasteiger partial charge in [0.1, 0.15) is 23.9 Å². The molecular weight excluding hydrogens is 575 g/mol. The number of benzene rings is 2. The quantitative estimate of drug-likeness (QED) is 0.0798. The molecule has 1 saturated heterocycles. The fourth-order valence-electron chi connectivity index (χ4n) is 4.74. The number of amides is 1. The number of aliphatic carboxylic acids is 1. The van der Waals surface area contributed by atoms with Crippen LogP contribution in [0.5, 0.6) is 0 Å². The number of carbonyl (C=O) groups excluding carboxylic acids is 2. The van der Waals surface area contributed by atoms with Crippen LogP contribution in [0.1, 0.15) is 19.8 Å². The minimum Gasteiger partial charge on any atom is -0.544 e. The first-order valence-electron chi connectivity index (χ1n) is 13.1. The molecule has 6 atom stereocenters. The minimum atomic E-state index is -2.43. The van der Waals surface area contributed by atoms with Gasteiger partial charge >= 0.3 is 29.6 Å². The first-order valence-corrected chi connectivity index (χ1v) is 13.8. The fraction of sp³-hybridized carbons (Fsp3) is 0.429. The van der Waals surface area contributed by atoms with Gasteiger partial charge in [0.25, 0.3) is 0 Å². The van der Waals surface area contributed by atoms with Crippen LogP contribution in [0.3, 0.4) is 0 Å². The number of carboxylic acids is 1. The van der Waals surface area contributed by atoms with Gasteiger partial charge in [0.05, 0.1) is 31.1 Å². The number of carboxylic acid groups (broad SMARTS) is 1. The van der Waals surface area contributed by atoms with E-state index >= 15 is 0 Å². The van der Waals surface area contributed by atoms with E-state index in [1.165, 1.54) is 6.92 Å². The fourth-order valence-corrected chi connectivity index (χ4v) is 4.95. The molecule has 1 fully saturated rings. The van der Waals surface area contributed by atoms with Gasteiger partial charge in [0.2, 0.25) is 11.7 Å². The molecule has 0 aliphatic carbocycles. The van der Waals surface area contributed by atoms with Gasteiger partial charge in [-0.3, -0.25) is 9.48 Å². The SMILES string of the molecule is CC(=O)N[C@H]1[C@H]([C@H](O)[C@H](O)CS)O[C@@](OCCCn2cc(-c3ccc(-c4ccccc4)cc3)nn2)(C(=O)[O-])C[C@@H]1O.[Na+]. The van der Waals surface area contributed by atoms with Crippen molar-refractivity contribution in [3.05, 3.63) is 60.8 Å². The Morgan fingerprint density at radius 2 is 1.81 bits per heavy atom. The number of hydrogen-bond acceptors (Lipinski definition) is 11. The maximum atomic E-state index is 12.2. The molecule has 220 valence electrons. The van der Waals surface area contributed by atoms with E-state index in [0.29, 0.717) is 18.7 Å². The zero-order valence-corrected chi connectivity index (χ0v) is 26.3. The van der Waals surface area contributed by atoms with Crippen molar-refractivity contribution in [3.8, 4) is 22.4 Å². The second kappa shape index (κ2) is 15.4. The average Bonchev–Trinajstić information content (AvgIpc) is 3.45. The third-order valence-electron chi connectivity index (χ3n) is 6.86. The summed E-state index contributed by atoms with van der Waals surface area (Å²) in [5, 5.41) is 54.3. The van der Waals surface area contributed by atoms with E-state index in [9.17, 15) is 30.0 Å². The second-order valence-corrected chi connectivity index (χ2v) is 10.2. The van der Waals surface area contributed by atoms with E-state index in [-0.39, 0.29) is 41.9 Å². The van der Waals surface area contributed by atoms with Crippen LogP contribution in [0, 0.1) is 0 Å². The Labute approximate surface area is 270 Å². The first kappa shape index (κ1) is 34.2. The third kappa shape index (κ3) is 8.18.